The van der Waals surface area contributed by atoms with Crippen LogP contribution in [0.1, 0.15) is 37.3 Å². The van der Waals surface area contributed by atoms with E-state index in [0.29, 0.717) is 16.9 Å². The molecule has 1 heterocycles. The number of carbonyl (C=O) groups is 2. The second-order valence-electron chi connectivity index (χ2n) is 9.39. The lowest BCUT2D eigenvalue weighted by Crippen LogP contribution is -2.55. The van der Waals surface area contributed by atoms with Gasteiger partial charge >= 0.3 is 0 Å². The van der Waals surface area contributed by atoms with E-state index in [1.165, 1.54) is 11.0 Å². The number of aliphatic hydroxyl groups excluding tert-OH is 2. The predicted octanol–water partition coefficient (Wildman–Crippen LogP) is 2.52. The number of hydrogen-bond donors (Lipinski definition) is 3. The van der Waals surface area contributed by atoms with E-state index in [1.807, 2.05) is 32.0 Å². The first-order valence-electron chi connectivity index (χ1n) is 11.9. The molecule has 0 bridgehead atoms. The fraction of sp³-hybridized carbons (Fsp3) is 0.407. The summed E-state index contributed by atoms with van der Waals surface area (Å²) in [5.41, 5.74) is 1.43. The van der Waals surface area contributed by atoms with Gasteiger partial charge in [-0.15, -0.1) is 0 Å². The number of aliphatic hydroxyl groups is 2. The minimum Gasteiger partial charge on any atom is -0.486 e. The average Bonchev–Trinajstić information content (AvgIpc) is 3.22. The molecule has 2 aromatic rings. The maximum atomic E-state index is 14.6. The SMILES string of the molecule is CC(C)CC(=O)N(Cc1ccccc1F)C1C=C(C(=O)NCCO)C2c3ccccc3OC2C1O. The molecule has 2 aliphatic rings. The third kappa shape index (κ3) is 5.09. The summed E-state index contributed by atoms with van der Waals surface area (Å²) in [6.45, 7) is 3.60. The Bertz CT molecular complexity index is 1120. The quantitative estimate of drug-likeness (QED) is 0.537. The molecule has 0 saturated carbocycles. The molecule has 2 amide bonds. The van der Waals surface area contributed by atoms with E-state index in [1.54, 1.807) is 30.3 Å². The van der Waals surface area contributed by atoms with E-state index in [-0.39, 0.29) is 37.9 Å². The molecule has 4 atom stereocenters. The smallest absolute Gasteiger partial charge is 0.247 e. The molecule has 1 aliphatic heterocycles. The van der Waals surface area contributed by atoms with Crippen LogP contribution in [0.3, 0.4) is 0 Å². The zero-order chi connectivity index (χ0) is 25.1. The largest absolute Gasteiger partial charge is 0.486 e. The van der Waals surface area contributed by atoms with Crippen LogP contribution in [0.25, 0.3) is 0 Å². The van der Waals surface area contributed by atoms with Crippen molar-refractivity contribution in [3.63, 3.8) is 0 Å². The first kappa shape index (κ1) is 24.9. The number of ether oxygens (including phenoxy) is 1. The predicted molar refractivity (Wildman–Crippen MR) is 128 cm³/mol. The van der Waals surface area contributed by atoms with E-state index >= 15 is 0 Å². The Kier molecular flexibility index (Phi) is 7.52. The van der Waals surface area contributed by atoms with Gasteiger partial charge in [0.15, 0.2) is 0 Å². The molecule has 4 unspecified atom stereocenters. The Morgan fingerprint density at radius 2 is 1.86 bits per heavy atom. The van der Waals surface area contributed by atoms with Crippen LogP contribution in [-0.2, 0) is 16.1 Å². The molecule has 8 heteroatoms. The number of nitrogens with one attached hydrogen (secondary N) is 1. The number of rotatable bonds is 8. The first-order valence-corrected chi connectivity index (χ1v) is 11.9. The van der Waals surface area contributed by atoms with Crippen LogP contribution in [0.4, 0.5) is 4.39 Å². The molecule has 186 valence electrons. The highest BCUT2D eigenvalue weighted by atomic mass is 19.1. The standard InChI is InChI=1S/C27H31FN2O5/c1-16(2)13-23(32)30(15-17-7-3-5-9-20(17)28)21-14-19(27(34)29-11-12-31)24-18-8-4-6-10-22(18)35-26(24)25(21)33/h3-10,14,16,21,24-26,31,33H,11-13,15H2,1-2H3,(H,29,34). The third-order valence-corrected chi connectivity index (χ3v) is 6.44. The Balaban J connectivity index is 1.77. The summed E-state index contributed by atoms with van der Waals surface area (Å²) in [5.74, 6) is -1.04. The molecule has 1 aliphatic carbocycles. The van der Waals surface area contributed by atoms with E-state index < -0.39 is 35.9 Å². The van der Waals surface area contributed by atoms with Gasteiger partial charge in [0.1, 0.15) is 23.8 Å². The van der Waals surface area contributed by atoms with Gasteiger partial charge in [-0.3, -0.25) is 9.59 Å². The van der Waals surface area contributed by atoms with Crippen LogP contribution in [-0.4, -0.2) is 58.3 Å². The molecule has 0 aromatic heterocycles. The number of hydrogen-bond acceptors (Lipinski definition) is 5. The van der Waals surface area contributed by atoms with Crippen LogP contribution >= 0.6 is 0 Å². The Morgan fingerprint density at radius 1 is 1.14 bits per heavy atom. The summed E-state index contributed by atoms with van der Waals surface area (Å²) in [5, 5.41) is 23.3. The summed E-state index contributed by atoms with van der Waals surface area (Å²) in [7, 11) is 0. The monoisotopic (exact) mass is 482 g/mol. The molecule has 0 fully saturated rings. The van der Waals surface area contributed by atoms with Crippen LogP contribution in [0.5, 0.6) is 5.75 Å². The van der Waals surface area contributed by atoms with Crippen LogP contribution in [0.15, 0.2) is 60.2 Å². The summed E-state index contributed by atoms with van der Waals surface area (Å²) >= 11 is 0. The van der Waals surface area contributed by atoms with Crippen molar-refractivity contribution < 1.29 is 28.9 Å². The molecule has 0 radical (unpaired) electrons. The molecule has 2 aromatic carbocycles. The van der Waals surface area contributed by atoms with Gasteiger partial charge in [-0.1, -0.05) is 50.2 Å². The highest BCUT2D eigenvalue weighted by Crippen LogP contribution is 2.47. The van der Waals surface area contributed by atoms with Gasteiger partial charge in [-0.25, -0.2) is 4.39 Å². The Hall–Kier alpha value is -3.23. The second-order valence-corrected chi connectivity index (χ2v) is 9.39. The van der Waals surface area contributed by atoms with Gasteiger partial charge in [0.25, 0.3) is 0 Å². The highest BCUT2D eigenvalue weighted by Gasteiger charge is 2.50. The molecule has 35 heavy (non-hydrogen) atoms. The summed E-state index contributed by atoms with van der Waals surface area (Å²) in [4.78, 5) is 28.0. The fourth-order valence-electron chi connectivity index (χ4n) is 4.83. The van der Waals surface area contributed by atoms with Gasteiger partial charge < -0.3 is 25.2 Å². The lowest BCUT2D eigenvalue weighted by molar-refractivity contribution is -0.138. The maximum Gasteiger partial charge on any atom is 0.247 e. The lowest BCUT2D eigenvalue weighted by atomic mass is 9.77. The number of para-hydroxylation sites is 1. The van der Waals surface area contributed by atoms with E-state index in [0.717, 1.165) is 5.56 Å². The number of halogens is 1. The number of amides is 2. The van der Waals surface area contributed by atoms with Crippen molar-refractivity contribution in [3.05, 3.63) is 77.1 Å². The van der Waals surface area contributed by atoms with Gasteiger partial charge in [0.05, 0.1) is 18.6 Å². The van der Waals surface area contributed by atoms with Crippen molar-refractivity contribution in [2.45, 2.75) is 51.0 Å². The minimum absolute atomic E-state index is 0.0439. The summed E-state index contributed by atoms with van der Waals surface area (Å²) in [6, 6.07) is 12.6. The van der Waals surface area contributed by atoms with Crippen molar-refractivity contribution >= 4 is 11.8 Å². The molecule has 4 rings (SSSR count). The molecule has 3 N–H and O–H groups in total. The van der Waals surface area contributed by atoms with Gasteiger partial charge in [-0.05, 0) is 24.1 Å². The van der Waals surface area contributed by atoms with E-state index in [9.17, 15) is 24.2 Å². The summed E-state index contributed by atoms with van der Waals surface area (Å²) in [6.07, 6.45) is -0.146. The van der Waals surface area contributed by atoms with Crippen molar-refractivity contribution in [1.82, 2.24) is 10.2 Å². The van der Waals surface area contributed by atoms with Crippen LogP contribution in [0.2, 0.25) is 0 Å². The van der Waals surface area contributed by atoms with Gasteiger partial charge in [0.2, 0.25) is 11.8 Å². The topological polar surface area (TPSA) is 99.1 Å². The summed E-state index contributed by atoms with van der Waals surface area (Å²) < 4.78 is 20.6. The first-order chi connectivity index (χ1) is 16.8. The zero-order valence-electron chi connectivity index (χ0n) is 19.9. The average molecular weight is 483 g/mol. The zero-order valence-corrected chi connectivity index (χ0v) is 19.9. The minimum atomic E-state index is -1.15. The molecule has 0 spiro atoms. The number of fused-ring (bicyclic) bond motifs is 3. The fourth-order valence-corrected chi connectivity index (χ4v) is 4.83. The van der Waals surface area contributed by atoms with E-state index in [2.05, 4.69) is 5.32 Å². The van der Waals surface area contributed by atoms with Crippen molar-refractivity contribution in [2.75, 3.05) is 13.2 Å². The van der Waals surface area contributed by atoms with Gasteiger partial charge in [-0.2, -0.15) is 0 Å². The van der Waals surface area contributed by atoms with Crippen molar-refractivity contribution in [2.24, 2.45) is 5.92 Å². The highest BCUT2D eigenvalue weighted by molar-refractivity contribution is 5.96. The third-order valence-electron chi connectivity index (χ3n) is 6.44. The Morgan fingerprint density at radius 3 is 2.57 bits per heavy atom. The number of carbonyl (C=O) groups excluding carboxylic acids is 2. The lowest BCUT2D eigenvalue weighted by Gasteiger charge is -2.41. The van der Waals surface area contributed by atoms with Crippen LogP contribution in [0, 0.1) is 11.7 Å². The van der Waals surface area contributed by atoms with Gasteiger partial charge in [0, 0.05) is 36.2 Å². The number of benzene rings is 2. The molecule has 7 nitrogen and oxygen atoms in total. The second kappa shape index (κ2) is 10.6. The maximum absolute atomic E-state index is 14.6. The Labute approximate surface area is 204 Å². The molecular formula is C27H31FN2O5. The van der Waals surface area contributed by atoms with E-state index in [4.69, 9.17) is 4.74 Å². The normalized spacial score (nSPS) is 22.6. The molecule has 0 saturated heterocycles. The van der Waals surface area contributed by atoms with Crippen LogP contribution < -0.4 is 10.1 Å². The number of nitrogens with zero attached hydrogens (tertiary/aromatic N) is 1. The van der Waals surface area contributed by atoms with Crippen molar-refractivity contribution in [3.8, 4) is 5.75 Å². The van der Waals surface area contributed by atoms with Crippen molar-refractivity contribution in [1.29, 1.82) is 0 Å². The molecular weight excluding hydrogens is 451 g/mol.